The van der Waals surface area contributed by atoms with Gasteiger partial charge in [-0.15, -0.1) is 0 Å². The number of nitrogens with one attached hydrogen (secondary N) is 2. The summed E-state index contributed by atoms with van der Waals surface area (Å²) in [5.41, 5.74) is -0.765. The molecule has 0 spiro atoms. The highest BCUT2D eigenvalue weighted by molar-refractivity contribution is 5.81. The molecule has 0 heterocycles. The van der Waals surface area contributed by atoms with E-state index in [0.29, 0.717) is 12.5 Å². The van der Waals surface area contributed by atoms with Gasteiger partial charge in [0.05, 0.1) is 11.6 Å². The number of hydrogen-bond donors (Lipinski definition) is 3. The van der Waals surface area contributed by atoms with Crippen LogP contribution in [0.2, 0.25) is 0 Å². The Labute approximate surface area is 112 Å². The Hall–Kier alpha value is -0.610. The smallest absolute Gasteiger partial charge is 0.237 e. The molecular formula is C14H30N2O2. The van der Waals surface area contributed by atoms with Crippen molar-refractivity contribution in [3.63, 3.8) is 0 Å². The molecule has 0 fully saturated rings. The van der Waals surface area contributed by atoms with Crippen LogP contribution in [0.25, 0.3) is 0 Å². The van der Waals surface area contributed by atoms with Crippen LogP contribution in [0.3, 0.4) is 0 Å². The molecule has 18 heavy (non-hydrogen) atoms. The van der Waals surface area contributed by atoms with Crippen LogP contribution >= 0.6 is 0 Å². The van der Waals surface area contributed by atoms with E-state index in [4.69, 9.17) is 0 Å². The molecule has 0 saturated heterocycles. The molecule has 0 aromatic carbocycles. The second-order valence-electron chi connectivity index (χ2n) is 6.02. The predicted molar refractivity (Wildman–Crippen MR) is 75.4 cm³/mol. The van der Waals surface area contributed by atoms with E-state index in [9.17, 15) is 9.90 Å². The summed E-state index contributed by atoms with van der Waals surface area (Å²) in [5, 5.41) is 16.2. The van der Waals surface area contributed by atoms with E-state index in [1.807, 2.05) is 20.8 Å². The fraction of sp³-hybridized carbons (Fsp3) is 0.929. The van der Waals surface area contributed by atoms with Crippen LogP contribution < -0.4 is 10.6 Å². The molecule has 4 nitrogen and oxygen atoms in total. The first-order valence-electron chi connectivity index (χ1n) is 6.94. The molecule has 108 valence electrons. The highest BCUT2D eigenvalue weighted by Gasteiger charge is 2.24. The summed E-state index contributed by atoms with van der Waals surface area (Å²) >= 11 is 0. The van der Waals surface area contributed by atoms with Gasteiger partial charge >= 0.3 is 0 Å². The summed E-state index contributed by atoms with van der Waals surface area (Å²) in [7, 11) is 0. The minimum absolute atomic E-state index is 0.00954. The van der Waals surface area contributed by atoms with Crippen molar-refractivity contribution in [1.82, 2.24) is 10.6 Å². The van der Waals surface area contributed by atoms with Crippen LogP contribution in [0, 0.1) is 5.92 Å². The van der Waals surface area contributed by atoms with Gasteiger partial charge in [-0.25, -0.2) is 0 Å². The van der Waals surface area contributed by atoms with Gasteiger partial charge in [0.1, 0.15) is 0 Å². The van der Waals surface area contributed by atoms with Crippen molar-refractivity contribution in [2.45, 2.75) is 72.1 Å². The summed E-state index contributed by atoms with van der Waals surface area (Å²) < 4.78 is 0. The van der Waals surface area contributed by atoms with Gasteiger partial charge in [-0.1, -0.05) is 20.8 Å². The molecule has 0 radical (unpaired) electrons. The molecule has 3 atom stereocenters. The van der Waals surface area contributed by atoms with E-state index in [-0.39, 0.29) is 18.0 Å². The Kier molecular flexibility index (Phi) is 7.48. The van der Waals surface area contributed by atoms with Crippen LogP contribution in [0.1, 0.15) is 54.4 Å². The SMILES string of the molecule is CCC(C)NC(=O)C(C)NCC(C)(O)CC(C)C. The molecule has 1 amide bonds. The molecule has 0 saturated carbocycles. The van der Waals surface area contributed by atoms with Crippen molar-refractivity contribution in [2.24, 2.45) is 5.92 Å². The Morgan fingerprint density at radius 3 is 2.28 bits per heavy atom. The quantitative estimate of drug-likeness (QED) is 0.621. The number of carbonyl (C=O) groups excluding carboxylic acids is 1. The summed E-state index contributed by atoms with van der Waals surface area (Å²) in [5.74, 6) is 0.427. The predicted octanol–water partition coefficient (Wildman–Crippen LogP) is 1.68. The minimum Gasteiger partial charge on any atom is -0.389 e. The number of amides is 1. The highest BCUT2D eigenvalue weighted by Crippen LogP contribution is 2.15. The van der Waals surface area contributed by atoms with E-state index < -0.39 is 5.60 Å². The zero-order valence-electron chi connectivity index (χ0n) is 12.7. The van der Waals surface area contributed by atoms with Crippen molar-refractivity contribution in [2.75, 3.05) is 6.54 Å². The summed E-state index contributed by atoms with van der Waals surface area (Å²) in [6.07, 6.45) is 1.64. The molecule has 0 aromatic rings. The fourth-order valence-corrected chi connectivity index (χ4v) is 1.89. The van der Waals surface area contributed by atoms with Crippen molar-refractivity contribution in [1.29, 1.82) is 0 Å². The van der Waals surface area contributed by atoms with Gasteiger partial charge in [0.15, 0.2) is 0 Å². The summed E-state index contributed by atoms with van der Waals surface area (Å²) in [4.78, 5) is 11.8. The first-order valence-corrected chi connectivity index (χ1v) is 6.94. The van der Waals surface area contributed by atoms with Gasteiger partial charge in [0.2, 0.25) is 5.91 Å². The second-order valence-corrected chi connectivity index (χ2v) is 6.02. The van der Waals surface area contributed by atoms with Gasteiger partial charge in [0.25, 0.3) is 0 Å². The molecule has 0 aliphatic heterocycles. The average Bonchev–Trinajstić information content (AvgIpc) is 2.23. The molecule has 3 N–H and O–H groups in total. The third kappa shape index (κ3) is 7.67. The lowest BCUT2D eigenvalue weighted by atomic mass is 9.94. The van der Waals surface area contributed by atoms with Gasteiger partial charge in [0, 0.05) is 12.6 Å². The number of rotatable bonds is 8. The molecule has 0 rings (SSSR count). The maximum absolute atomic E-state index is 11.8. The first-order chi connectivity index (χ1) is 8.18. The van der Waals surface area contributed by atoms with Crippen molar-refractivity contribution < 1.29 is 9.90 Å². The fourth-order valence-electron chi connectivity index (χ4n) is 1.89. The van der Waals surface area contributed by atoms with Gasteiger partial charge in [-0.05, 0) is 39.5 Å². The van der Waals surface area contributed by atoms with Crippen LogP contribution in [-0.4, -0.2) is 35.2 Å². The molecule has 0 aliphatic rings. The van der Waals surface area contributed by atoms with Crippen molar-refractivity contribution in [3.05, 3.63) is 0 Å². The van der Waals surface area contributed by atoms with Crippen molar-refractivity contribution >= 4 is 5.91 Å². The van der Waals surface area contributed by atoms with Crippen molar-refractivity contribution in [3.8, 4) is 0 Å². The Balaban J connectivity index is 4.08. The average molecular weight is 258 g/mol. The van der Waals surface area contributed by atoms with E-state index in [0.717, 1.165) is 12.8 Å². The molecule has 0 bridgehead atoms. The lowest BCUT2D eigenvalue weighted by Gasteiger charge is -2.27. The molecule has 0 aromatic heterocycles. The third-order valence-electron chi connectivity index (χ3n) is 3.03. The number of hydrogen-bond acceptors (Lipinski definition) is 3. The summed E-state index contributed by atoms with van der Waals surface area (Å²) in [6, 6.07) is -0.0874. The van der Waals surface area contributed by atoms with Crippen LogP contribution in [0.4, 0.5) is 0 Å². The molecule has 0 aliphatic carbocycles. The first kappa shape index (κ1) is 17.4. The maximum Gasteiger partial charge on any atom is 0.237 e. The van der Waals surface area contributed by atoms with E-state index in [1.54, 1.807) is 6.92 Å². The normalized spacial score (nSPS) is 18.2. The van der Waals surface area contributed by atoms with Crippen LogP contribution in [0.5, 0.6) is 0 Å². The lowest BCUT2D eigenvalue weighted by Crippen LogP contribution is -2.49. The lowest BCUT2D eigenvalue weighted by molar-refractivity contribution is -0.123. The van der Waals surface area contributed by atoms with Gasteiger partial charge in [-0.2, -0.15) is 0 Å². The largest absolute Gasteiger partial charge is 0.389 e. The highest BCUT2D eigenvalue weighted by atomic mass is 16.3. The standard InChI is InChI=1S/C14H30N2O2/c1-7-11(4)16-13(17)12(5)15-9-14(6,18)8-10(2)3/h10-12,15,18H,7-9H2,1-6H3,(H,16,17). The molecular weight excluding hydrogens is 228 g/mol. The second kappa shape index (κ2) is 7.74. The zero-order chi connectivity index (χ0) is 14.3. The van der Waals surface area contributed by atoms with Crippen LogP contribution in [-0.2, 0) is 4.79 Å². The Morgan fingerprint density at radius 1 is 1.28 bits per heavy atom. The Bertz CT molecular complexity index is 252. The number of aliphatic hydroxyl groups is 1. The van der Waals surface area contributed by atoms with E-state index in [2.05, 4.69) is 24.5 Å². The monoisotopic (exact) mass is 258 g/mol. The van der Waals surface area contributed by atoms with Gasteiger partial charge < -0.3 is 15.7 Å². The topological polar surface area (TPSA) is 61.4 Å². The minimum atomic E-state index is -0.765. The maximum atomic E-state index is 11.8. The molecule has 4 heteroatoms. The van der Waals surface area contributed by atoms with Crippen LogP contribution in [0.15, 0.2) is 0 Å². The third-order valence-corrected chi connectivity index (χ3v) is 3.03. The Morgan fingerprint density at radius 2 is 1.83 bits per heavy atom. The van der Waals surface area contributed by atoms with E-state index >= 15 is 0 Å². The van der Waals surface area contributed by atoms with E-state index in [1.165, 1.54) is 0 Å². The number of carbonyl (C=O) groups is 1. The molecule has 3 unspecified atom stereocenters. The van der Waals surface area contributed by atoms with Gasteiger partial charge in [-0.3, -0.25) is 4.79 Å². The summed E-state index contributed by atoms with van der Waals surface area (Å²) in [6.45, 7) is 12.2. The zero-order valence-corrected chi connectivity index (χ0v) is 12.7.